The van der Waals surface area contributed by atoms with Crippen LogP contribution in [0.25, 0.3) is 0 Å². The first-order valence-corrected chi connectivity index (χ1v) is 6.90. The highest BCUT2D eigenvalue weighted by molar-refractivity contribution is 5.47. The molecule has 0 bridgehead atoms. The van der Waals surface area contributed by atoms with E-state index in [2.05, 4.69) is 11.8 Å². The third-order valence-corrected chi connectivity index (χ3v) is 4.20. The Labute approximate surface area is 109 Å². The molecule has 3 heteroatoms. The molecule has 1 saturated carbocycles. The zero-order valence-corrected chi connectivity index (χ0v) is 11.2. The summed E-state index contributed by atoms with van der Waals surface area (Å²) in [6.45, 7) is 4.48. The number of anilines is 1. The Bertz CT molecular complexity index is 386. The van der Waals surface area contributed by atoms with Gasteiger partial charge in [-0.25, -0.2) is 4.39 Å². The summed E-state index contributed by atoms with van der Waals surface area (Å²) in [5.41, 5.74) is 6.87. The second-order valence-electron chi connectivity index (χ2n) is 5.38. The van der Waals surface area contributed by atoms with E-state index < -0.39 is 0 Å². The Morgan fingerprint density at radius 3 is 2.50 bits per heavy atom. The normalized spacial score (nSPS) is 17.9. The highest BCUT2D eigenvalue weighted by Crippen LogP contribution is 2.38. The molecule has 2 nitrogen and oxygen atoms in total. The first kappa shape index (κ1) is 13.3. The second-order valence-corrected chi connectivity index (χ2v) is 5.38. The summed E-state index contributed by atoms with van der Waals surface area (Å²) in [7, 11) is 0. The fraction of sp³-hybridized carbons (Fsp3) is 0.600. The fourth-order valence-electron chi connectivity index (χ4n) is 3.03. The van der Waals surface area contributed by atoms with E-state index in [1.807, 2.05) is 12.1 Å². The molecule has 0 aromatic heterocycles. The van der Waals surface area contributed by atoms with Crippen LogP contribution in [-0.2, 0) is 0 Å². The van der Waals surface area contributed by atoms with Crippen molar-refractivity contribution in [1.82, 2.24) is 0 Å². The van der Waals surface area contributed by atoms with Gasteiger partial charge in [0.15, 0.2) is 0 Å². The number of halogens is 1. The number of benzene rings is 1. The van der Waals surface area contributed by atoms with E-state index in [4.69, 9.17) is 5.73 Å². The lowest BCUT2D eigenvalue weighted by Crippen LogP contribution is -2.41. The van der Waals surface area contributed by atoms with Gasteiger partial charge in [0, 0.05) is 18.5 Å². The van der Waals surface area contributed by atoms with Gasteiger partial charge in [0.05, 0.1) is 5.69 Å². The number of nitrogens with two attached hydrogens (primary N) is 1. The average Bonchev–Trinajstić information content (AvgIpc) is 2.86. The molecule has 0 spiro atoms. The van der Waals surface area contributed by atoms with Crippen LogP contribution >= 0.6 is 0 Å². The zero-order valence-electron chi connectivity index (χ0n) is 11.2. The maximum absolute atomic E-state index is 13.9. The molecule has 0 radical (unpaired) electrons. The maximum atomic E-state index is 13.9. The molecule has 0 saturated heterocycles. The van der Waals surface area contributed by atoms with E-state index in [0.29, 0.717) is 12.2 Å². The summed E-state index contributed by atoms with van der Waals surface area (Å²) >= 11 is 0. The molecule has 2 N–H and O–H groups in total. The third kappa shape index (κ3) is 2.66. The van der Waals surface area contributed by atoms with Crippen molar-refractivity contribution in [2.75, 3.05) is 24.5 Å². The second kappa shape index (κ2) is 5.70. The molecule has 0 atom stereocenters. The van der Waals surface area contributed by atoms with Crippen LogP contribution in [0.5, 0.6) is 0 Å². The van der Waals surface area contributed by atoms with E-state index >= 15 is 0 Å². The average molecular weight is 250 g/mol. The first-order chi connectivity index (χ1) is 8.71. The van der Waals surface area contributed by atoms with Crippen LogP contribution in [0, 0.1) is 11.2 Å². The van der Waals surface area contributed by atoms with Gasteiger partial charge in [-0.1, -0.05) is 25.0 Å². The van der Waals surface area contributed by atoms with Crippen LogP contribution in [0.4, 0.5) is 10.1 Å². The summed E-state index contributed by atoms with van der Waals surface area (Å²) in [5, 5.41) is 0. The summed E-state index contributed by atoms with van der Waals surface area (Å²) in [4.78, 5) is 2.13. The van der Waals surface area contributed by atoms with Crippen LogP contribution in [0.15, 0.2) is 24.3 Å². The standard InChI is InChI=1S/C15H23FN2/c1-2-18(14-8-4-3-7-13(14)16)12-15(11-17)9-5-6-10-15/h3-4,7-8H,2,5-6,9-12,17H2,1H3. The lowest BCUT2D eigenvalue weighted by Gasteiger charge is -2.35. The van der Waals surface area contributed by atoms with E-state index in [-0.39, 0.29) is 11.2 Å². The highest BCUT2D eigenvalue weighted by Gasteiger charge is 2.34. The summed E-state index contributed by atoms with van der Waals surface area (Å²) in [5.74, 6) is -0.135. The highest BCUT2D eigenvalue weighted by atomic mass is 19.1. The van der Waals surface area contributed by atoms with Crippen molar-refractivity contribution in [3.63, 3.8) is 0 Å². The van der Waals surface area contributed by atoms with Crippen LogP contribution in [0.1, 0.15) is 32.6 Å². The molecular weight excluding hydrogens is 227 g/mol. The molecule has 1 aliphatic rings. The Morgan fingerprint density at radius 2 is 1.94 bits per heavy atom. The van der Waals surface area contributed by atoms with E-state index in [1.54, 1.807) is 6.07 Å². The van der Waals surface area contributed by atoms with E-state index in [1.165, 1.54) is 31.7 Å². The molecule has 1 fully saturated rings. The zero-order chi connectivity index (χ0) is 13.0. The Morgan fingerprint density at radius 1 is 1.28 bits per heavy atom. The van der Waals surface area contributed by atoms with Crippen molar-refractivity contribution in [1.29, 1.82) is 0 Å². The van der Waals surface area contributed by atoms with E-state index in [0.717, 1.165) is 13.1 Å². The molecular formula is C15H23FN2. The molecule has 18 heavy (non-hydrogen) atoms. The number of hydrogen-bond acceptors (Lipinski definition) is 2. The number of para-hydroxylation sites is 1. The van der Waals surface area contributed by atoms with Crippen molar-refractivity contribution in [2.24, 2.45) is 11.1 Å². The molecule has 1 aromatic carbocycles. The molecule has 0 heterocycles. The van der Waals surface area contributed by atoms with Crippen LogP contribution < -0.4 is 10.6 Å². The van der Waals surface area contributed by atoms with Crippen molar-refractivity contribution < 1.29 is 4.39 Å². The van der Waals surface area contributed by atoms with Gasteiger partial charge in [-0.15, -0.1) is 0 Å². The van der Waals surface area contributed by atoms with Crippen molar-refractivity contribution in [3.8, 4) is 0 Å². The van der Waals surface area contributed by atoms with Gasteiger partial charge in [0.2, 0.25) is 0 Å². The Kier molecular flexibility index (Phi) is 4.23. The molecule has 0 amide bonds. The van der Waals surface area contributed by atoms with E-state index in [9.17, 15) is 4.39 Å². The van der Waals surface area contributed by atoms with Crippen molar-refractivity contribution >= 4 is 5.69 Å². The van der Waals surface area contributed by atoms with Crippen LogP contribution in [0.2, 0.25) is 0 Å². The SMILES string of the molecule is CCN(CC1(CN)CCCC1)c1ccccc1F. The van der Waals surface area contributed by atoms with Crippen LogP contribution in [0.3, 0.4) is 0 Å². The lowest BCUT2D eigenvalue weighted by atomic mass is 9.85. The molecule has 1 aliphatic carbocycles. The quantitative estimate of drug-likeness (QED) is 0.869. The minimum Gasteiger partial charge on any atom is -0.369 e. The predicted octanol–water partition coefficient (Wildman–Crippen LogP) is 3.17. The fourth-order valence-corrected chi connectivity index (χ4v) is 3.03. The number of nitrogens with zero attached hydrogens (tertiary/aromatic N) is 1. The minimum atomic E-state index is -0.135. The molecule has 2 rings (SSSR count). The first-order valence-electron chi connectivity index (χ1n) is 6.90. The Balaban J connectivity index is 2.17. The summed E-state index contributed by atoms with van der Waals surface area (Å²) in [6.07, 6.45) is 4.86. The number of rotatable bonds is 5. The molecule has 0 aliphatic heterocycles. The largest absolute Gasteiger partial charge is 0.369 e. The monoisotopic (exact) mass is 250 g/mol. The lowest BCUT2D eigenvalue weighted by molar-refractivity contribution is 0.311. The Hall–Kier alpha value is -1.09. The summed E-state index contributed by atoms with van der Waals surface area (Å²) < 4.78 is 13.9. The molecule has 100 valence electrons. The minimum absolute atomic E-state index is 0.135. The van der Waals surface area contributed by atoms with Gasteiger partial charge < -0.3 is 10.6 Å². The molecule has 0 unspecified atom stereocenters. The predicted molar refractivity (Wildman–Crippen MR) is 74.2 cm³/mol. The topological polar surface area (TPSA) is 29.3 Å². The van der Waals surface area contributed by atoms with Gasteiger partial charge in [0.1, 0.15) is 5.82 Å². The van der Waals surface area contributed by atoms with Gasteiger partial charge in [-0.3, -0.25) is 0 Å². The maximum Gasteiger partial charge on any atom is 0.146 e. The van der Waals surface area contributed by atoms with Crippen molar-refractivity contribution in [2.45, 2.75) is 32.6 Å². The van der Waals surface area contributed by atoms with Crippen molar-refractivity contribution in [3.05, 3.63) is 30.1 Å². The van der Waals surface area contributed by atoms with Gasteiger partial charge in [0.25, 0.3) is 0 Å². The van der Waals surface area contributed by atoms with Crippen LogP contribution in [-0.4, -0.2) is 19.6 Å². The van der Waals surface area contributed by atoms with Gasteiger partial charge >= 0.3 is 0 Å². The summed E-state index contributed by atoms with van der Waals surface area (Å²) in [6, 6.07) is 7.02. The number of hydrogen-bond donors (Lipinski definition) is 1. The van der Waals surface area contributed by atoms with Gasteiger partial charge in [-0.2, -0.15) is 0 Å². The smallest absolute Gasteiger partial charge is 0.146 e. The third-order valence-electron chi connectivity index (χ3n) is 4.20. The molecule has 1 aromatic rings. The van der Waals surface area contributed by atoms with Gasteiger partial charge in [-0.05, 0) is 38.4 Å².